The minimum absolute atomic E-state index is 0.00496. The van der Waals surface area contributed by atoms with Crippen molar-refractivity contribution in [3.63, 3.8) is 0 Å². The Morgan fingerprint density at radius 3 is 2.14 bits per heavy atom. The summed E-state index contributed by atoms with van der Waals surface area (Å²) in [4.78, 5) is 24.1. The van der Waals surface area contributed by atoms with Crippen LogP contribution >= 0.6 is 58.0 Å². The van der Waals surface area contributed by atoms with Crippen LogP contribution in [0.3, 0.4) is 0 Å². The summed E-state index contributed by atoms with van der Waals surface area (Å²) in [6.45, 7) is 0. The van der Waals surface area contributed by atoms with Crippen LogP contribution in [0.2, 0.25) is 20.1 Å². The molecular formula is C14H3Cl5O2Se. The molecule has 112 valence electrons. The summed E-state index contributed by atoms with van der Waals surface area (Å²) in [5, 5.41) is 0.174. The number of rotatable bonds is 3. The van der Waals surface area contributed by atoms with Gasteiger partial charge >= 0.3 is 157 Å². The summed E-state index contributed by atoms with van der Waals surface area (Å²) >= 11 is 30.0. The number of fused-ring (bicyclic) bond motifs is 2. The van der Waals surface area contributed by atoms with E-state index in [0.29, 0.717) is 10.0 Å². The van der Waals surface area contributed by atoms with Crippen LogP contribution in [0.5, 0.6) is 0 Å². The van der Waals surface area contributed by atoms with Crippen molar-refractivity contribution < 1.29 is 9.59 Å². The molecule has 2 aliphatic heterocycles. The van der Waals surface area contributed by atoms with E-state index in [9.17, 15) is 9.59 Å². The van der Waals surface area contributed by atoms with Crippen LogP contribution in [0.1, 0.15) is 26.3 Å². The molecule has 0 aliphatic carbocycles. The average molecular weight is 459 g/mol. The molecular weight excluding hydrogens is 456 g/mol. The van der Waals surface area contributed by atoms with Crippen molar-refractivity contribution in [2.45, 2.75) is 0 Å². The van der Waals surface area contributed by atoms with Gasteiger partial charge in [-0.05, 0) is 0 Å². The summed E-state index contributed by atoms with van der Waals surface area (Å²) < 4.78 is 1.68. The Hall–Kier alpha value is -0.251. The van der Waals surface area contributed by atoms with Crippen LogP contribution < -0.4 is 8.92 Å². The fourth-order valence-electron chi connectivity index (χ4n) is 2.03. The molecule has 0 atom stereocenters. The molecule has 2 bridgehead atoms. The summed E-state index contributed by atoms with van der Waals surface area (Å²) in [6.07, 6.45) is 0. The molecule has 0 N–H and O–H groups in total. The second kappa shape index (κ2) is 5.99. The molecule has 2 aliphatic rings. The quantitative estimate of drug-likeness (QED) is 0.339. The predicted molar refractivity (Wildman–Crippen MR) is 91.6 cm³/mol. The van der Waals surface area contributed by atoms with Gasteiger partial charge in [0.05, 0.1) is 0 Å². The Bertz CT molecular complexity index is 863. The van der Waals surface area contributed by atoms with Gasteiger partial charge in [0.2, 0.25) is 0 Å². The Morgan fingerprint density at radius 1 is 0.909 bits per heavy atom. The Labute approximate surface area is 156 Å². The molecule has 2 aromatic carbocycles. The minimum atomic E-state index is -0.769. The van der Waals surface area contributed by atoms with E-state index in [1.54, 1.807) is 6.07 Å². The predicted octanol–water partition coefficient (Wildman–Crippen LogP) is 3.88. The number of hydrogen-bond donors (Lipinski definition) is 0. The van der Waals surface area contributed by atoms with Gasteiger partial charge in [-0.15, -0.1) is 0 Å². The van der Waals surface area contributed by atoms with E-state index >= 15 is 0 Å². The molecule has 0 amide bonds. The third-order valence-electron chi connectivity index (χ3n) is 3.11. The maximum absolute atomic E-state index is 12.7. The van der Waals surface area contributed by atoms with Gasteiger partial charge in [0, 0.05) is 0 Å². The normalized spacial score (nSPS) is 12.0. The Kier molecular flexibility index (Phi) is 4.52. The molecule has 2 heterocycles. The molecule has 2 aromatic rings. The van der Waals surface area contributed by atoms with Gasteiger partial charge in [-0.3, -0.25) is 0 Å². The van der Waals surface area contributed by atoms with Crippen molar-refractivity contribution in [1.29, 1.82) is 0 Å². The van der Waals surface area contributed by atoms with Crippen LogP contribution in [0.25, 0.3) is 0 Å². The van der Waals surface area contributed by atoms with Gasteiger partial charge in [-0.25, -0.2) is 0 Å². The zero-order valence-electron chi connectivity index (χ0n) is 10.3. The average Bonchev–Trinajstić information content (AvgIpc) is 2.45. The standard InChI is InChI=1S/C14H3Cl5O2Se/c15-6-2-1-4(14(19)21)9(16)8(6)12(20)5-3-7-11(18)13(22-7)10(5)17/h1-3H. The zero-order valence-corrected chi connectivity index (χ0v) is 15.8. The first-order valence-electron chi connectivity index (χ1n) is 5.75. The van der Waals surface area contributed by atoms with Crippen molar-refractivity contribution >= 4 is 92.9 Å². The van der Waals surface area contributed by atoms with Crippen molar-refractivity contribution in [1.82, 2.24) is 0 Å². The van der Waals surface area contributed by atoms with E-state index in [4.69, 9.17) is 58.0 Å². The fraction of sp³-hybridized carbons (Fsp3) is 0. The SMILES string of the molecule is O=C(Cl)c1ccc(Cl)c(C(=O)c2cc3c(Cl)c(c2Cl)[Se]3)c1Cl. The molecule has 0 aromatic heterocycles. The number of hydrogen-bond acceptors (Lipinski definition) is 2. The van der Waals surface area contributed by atoms with Gasteiger partial charge in [0.25, 0.3) is 0 Å². The second-order valence-electron chi connectivity index (χ2n) is 4.37. The number of benzene rings is 2. The number of halogens is 5. The van der Waals surface area contributed by atoms with Gasteiger partial charge in [0.15, 0.2) is 0 Å². The Balaban J connectivity index is 2.17. The van der Waals surface area contributed by atoms with Crippen molar-refractivity contribution in [3.8, 4) is 0 Å². The van der Waals surface area contributed by atoms with Gasteiger partial charge in [0.1, 0.15) is 0 Å². The second-order valence-corrected chi connectivity index (χ2v) is 8.46. The van der Waals surface area contributed by atoms with E-state index in [1.165, 1.54) is 12.1 Å². The molecule has 8 heteroatoms. The first kappa shape index (κ1) is 16.6. The van der Waals surface area contributed by atoms with Crippen LogP contribution in [0.15, 0.2) is 18.2 Å². The van der Waals surface area contributed by atoms with Crippen molar-refractivity contribution in [2.24, 2.45) is 0 Å². The van der Waals surface area contributed by atoms with E-state index in [2.05, 4.69) is 0 Å². The van der Waals surface area contributed by atoms with Crippen LogP contribution in [-0.4, -0.2) is 26.0 Å². The molecule has 0 spiro atoms. The van der Waals surface area contributed by atoms with Crippen LogP contribution in [0.4, 0.5) is 0 Å². The number of ketones is 1. The summed E-state index contributed by atoms with van der Waals surface area (Å²) in [5.41, 5.74) is 0.292. The summed E-state index contributed by atoms with van der Waals surface area (Å²) in [6, 6.07) is 4.41. The van der Waals surface area contributed by atoms with Crippen LogP contribution in [-0.2, 0) is 0 Å². The van der Waals surface area contributed by atoms with E-state index in [-0.39, 0.29) is 41.7 Å². The number of carbonyl (C=O) groups is 2. The molecule has 0 saturated carbocycles. The molecule has 0 fully saturated rings. The van der Waals surface area contributed by atoms with Crippen LogP contribution in [0, 0.1) is 0 Å². The first-order valence-corrected chi connectivity index (χ1v) is 9.35. The van der Waals surface area contributed by atoms with E-state index < -0.39 is 11.0 Å². The molecule has 22 heavy (non-hydrogen) atoms. The topological polar surface area (TPSA) is 34.1 Å². The van der Waals surface area contributed by atoms with Crippen molar-refractivity contribution in [2.75, 3.05) is 0 Å². The third-order valence-corrected chi connectivity index (χ3v) is 7.99. The molecule has 2 nitrogen and oxygen atoms in total. The molecule has 0 saturated heterocycles. The van der Waals surface area contributed by atoms with Crippen molar-refractivity contribution in [3.05, 3.63) is 55.0 Å². The summed E-state index contributed by atoms with van der Waals surface area (Å²) in [7, 11) is 0. The zero-order chi connectivity index (χ0) is 16.2. The maximum atomic E-state index is 12.7. The fourth-order valence-corrected chi connectivity index (χ4v) is 5.65. The summed E-state index contributed by atoms with van der Waals surface area (Å²) in [5.74, 6) is -0.463. The third kappa shape index (κ3) is 2.50. The van der Waals surface area contributed by atoms with E-state index in [1.807, 2.05) is 0 Å². The first-order chi connectivity index (χ1) is 10.3. The van der Waals surface area contributed by atoms with Gasteiger partial charge in [-0.1, -0.05) is 0 Å². The van der Waals surface area contributed by atoms with Gasteiger partial charge < -0.3 is 0 Å². The molecule has 0 radical (unpaired) electrons. The van der Waals surface area contributed by atoms with E-state index in [0.717, 1.165) is 8.92 Å². The Morgan fingerprint density at radius 2 is 1.59 bits per heavy atom. The molecule has 4 rings (SSSR count). The number of carbonyl (C=O) groups excluding carboxylic acids is 2. The van der Waals surface area contributed by atoms with Gasteiger partial charge in [-0.2, -0.15) is 0 Å². The molecule has 0 unspecified atom stereocenters. The monoisotopic (exact) mass is 458 g/mol.